The highest BCUT2D eigenvalue weighted by Crippen LogP contribution is 2.28. The van der Waals surface area contributed by atoms with E-state index >= 15 is 0 Å². The van der Waals surface area contributed by atoms with E-state index in [1.165, 1.54) is 11.3 Å². The number of hydrogen-bond acceptors (Lipinski definition) is 4. The molecule has 0 saturated carbocycles. The Kier molecular flexibility index (Phi) is 3.78. The molecule has 4 rings (SSSR count). The van der Waals surface area contributed by atoms with Gasteiger partial charge in [-0.05, 0) is 30.3 Å². The van der Waals surface area contributed by atoms with Gasteiger partial charge < -0.3 is 5.11 Å². The zero-order chi connectivity index (χ0) is 17.6. The van der Waals surface area contributed by atoms with Gasteiger partial charge in [-0.3, -0.25) is 9.36 Å². The van der Waals surface area contributed by atoms with E-state index in [-0.39, 0.29) is 11.8 Å². The van der Waals surface area contributed by atoms with Crippen molar-refractivity contribution in [1.82, 2.24) is 4.57 Å². The van der Waals surface area contributed by atoms with Crippen molar-refractivity contribution in [2.45, 2.75) is 0 Å². The molecule has 0 radical (unpaired) electrons. The summed E-state index contributed by atoms with van der Waals surface area (Å²) in [7, 11) is 1.70. The van der Waals surface area contributed by atoms with Gasteiger partial charge in [0.05, 0.1) is 16.6 Å². The molecule has 2 heterocycles. The van der Waals surface area contributed by atoms with Crippen LogP contribution in [0.3, 0.4) is 0 Å². The summed E-state index contributed by atoms with van der Waals surface area (Å²) < 4.78 is 1.55. The molecular formula is C18H12ClN3O2S. The Balaban J connectivity index is 1.94. The average molecular weight is 370 g/mol. The number of carbonyl (C=O) groups excluding carboxylic acids is 1. The van der Waals surface area contributed by atoms with E-state index in [0.717, 1.165) is 5.22 Å². The van der Waals surface area contributed by atoms with Crippen LogP contribution in [0, 0.1) is 0 Å². The predicted molar refractivity (Wildman–Crippen MR) is 96.4 cm³/mol. The number of rotatable bonds is 2. The minimum Gasteiger partial charge on any atom is -0.493 e. The third-order valence-electron chi connectivity index (χ3n) is 3.89. The zero-order valence-electron chi connectivity index (χ0n) is 13.1. The van der Waals surface area contributed by atoms with Crippen LogP contribution in [0.25, 0.3) is 5.57 Å². The molecule has 0 bridgehead atoms. The quantitative estimate of drug-likeness (QED) is 0.751. The van der Waals surface area contributed by atoms with E-state index in [1.807, 2.05) is 18.2 Å². The second-order valence-electron chi connectivity index (χ2n) is 5.49. The monoisotopic (exact) mass is 369 g/mol. The highest BCUT2D eigenvalue weighted by Gasteiger charge is 2.24. The second-order valence-corrected chi connectivity index (χ2v) is 6.91. The first-order valence-electron chi connectivity index (χ1n) is 7.46. The molecule has 124 valence electrons. The van der Waals surface area contributed by atoms with Gasteiger partial charge in [0.25, 0.3) is 5.91 Å². The zero-order valence-corrected chi connectivity index (χ0v) is 14.7. The molecule has 5 nitrogen and oxygen atoms in total. The third-order valence-corrected chi connectivity index (χ3v) is 5.28. The van der Waals surface area contributed by atoms with Crippen molar-refractivity contribution in [1.29, 1.82) is 0 Å². The fourth-order valence-corrected chi connectivity index (χ4v) is 3.83. The van der Waals surface area contributed by atoms with Crippen molar-refractivity contribution >= 4 is 40.1 Å². The number of benzene rings is 2. The van der Waals surface area contributed by atoms with Gasteiger partial charge in [-0.1, -0.05) is 41.1 Å². The number of fused-ring (bicyclic) bond motifs is 1. The molecule has 1 N–H and O–H groups in total. The fourth-order valence-electron chi connectivity index (χ4n) is 2.62. The number of amides is 1. The lowest BCUT2D eigenvalue weighted by Crippen LogP contribution is -2.22. The van der Waals surface area contributed by atoms with Crippen molar-refractivity contribution < 1.29 is 9.90 Å². The lowest BCUT2D eigenvalue weighted by Gasteiger charge is -1.98. The van der Waals surface area contributed by atoms with Crippen LogP contribution in [0.4, 0.5) is 5.69 Å². The van der Waals surface area contributed by atoms with Gasteiger partial charge in [0.1, 0.15) is 4.88 Å². The minimum absolute atomic E-state index is 0.00651. The summed E-state index contributed by atoms with van der Waals surface area (Å²) in [6.45, 7) is 0. The topological polar surface area (TPSA) is 66.9 Å². The van der Waals surface area contributed by atoms with Crippen LogP contribution in [0.15, 0.2) is 58.5 Å². The number of para-hydroxylation sites is 1. The molecule has 3 aromatic rings. The first kappa shape index (κ1) is 15.8. The molecule has 25 heavy (non-hydrogen) atoms. The van der Waals surface area contributed by atoms with Crippen LogP contribution >= 0.6 is 22.9 Å². The summed E-state index contributed by atoms with van der Waals surface area (Å²) >= 11 is 7.13. The van der Waals surface area contributed by atoms with Crippen LogP contribution < -0.4 is 15.4 Å². The van der Waals surface area contributed by atoms with E-state index in [9.17, 15) is 9.90 Å². The molecule has 1 aliphatic rings. The van der Waals surface area contributed by atoms with Crippen LogP contribution in [-0.2, 0) is 11.8 Å². The van der Waals surface area contributed by atoms with Crippen molar-refractivity contribution in [3.8, 4) is 5.88 Å². The van der Waals surface area contributed by atoms with E-state index in [0.29, 0.717) is 31.3 Å². The van der Waals surface area contributed by atoms with Crippen molar-refractivity contribution in [3.05, 3.63) is 73.8 Å². The van der Waals surface area contributed by atoms with Gasteiger partial charge >= 0.3 is 0 Å². The number of aromatic nitrogens is 1. The highest BCUT2D eigenvalue weighted by molar-refractivity contribution is 7.11. The largest absolute Gasteiger partial charge is 0.493 e. The van der Waals surface area contributed by atoms with Gasteiger partial charge in [0.2, 0.25) is 5.88 Å². The molecule has 1 amide bonds. The number of halogens is 1. The molecule has 1 aliphatic heterocycles. The second kappa shape index (κ2) is 5.98. The number of nitrogens with zero attached hydrogens (tertiary/aromatic N) is 3. The van der Waals surface area contributed by atoms with E-state index in [4.69, 9.17) is 11.6 Å². The lowest BCUT2D eigenvalue weighted by molar-refractivity contribution is -0.112. The van der Waals surface area contributed by atoms with Crippen molar-refractivity contribution in [2.75, 3.05) is 0 Å². The molecule has 1 aromatic heterocycles. The summed E-state index contributed by atoms with van der Waals surface area (Å²) in [5.41, 5.74) is 1.12. The van der Waals surface area contributed by atoms with Gasteiger partial charge in [-0.15, -0.1) is 0 Å². The highest BCUT2D eigenvalue weighted by atomic mass is 35.5. The van der Waals surface area contributed by atoms with Crippen LogP contribution in [-0.4, -0.2) is 15.6 Å². The smallest absolute Gasteiger partial charge is 0.279 e. The van der Waals surface area contributed by atoms with Crippen LogP contribution in [0.5, 0.6) is 5.88 Å². The summed E-state index contributed by atoms with van der Waals surface area (Å²) in [5.74, 6) is -0.357. The summed E-state index contributed by atoms with van der Waals surface area (Å²) in [5, 5.41) is 12.5. The molecule has 0 saturated heterocycles. The normalized spacial score (nSPS) is 13.9. The SMILES string of the molecule is Cn1c(O)c(C2=c3ccccc3=NC2=O)sc1=Nc1ccc(Cl)cc1. The van der Waals surface area contributed by atoms with Crippen molar-refractivity contribution in [3.63, 3.8) is 0 Å². The molecule has 2 aromatic carbocycles. The lowest BCUT2D eigenvalue weighted by atomic mass is 10.1. The van der Waals surface area contributed by atoms with E-state index < -0.39 is 0 Å². The van der Waals surface area contributed by atoms with Gasteiger partial charge in [0.15, 0.2) is 4.80 Å². The Hall–Kier alpha value is -2.70. The molecule has 0 fully saturated rings. The molecule has 0 atom stereocenters. The summed E-state index contributed by atoms with van der Waals surface area (Å²) in [6.07, 6.45) is 0. The number of carbonyl (C=O) groups is 1. The van der Waals surface area contributed by atoms with Crippen LogP contribution in [0.1, 0.15) is 4.88 Å². The first-order chi connectivity index (χ1) is 12.0. The summed E-state index contributed by atoms with van der Waals surface area (Å²) in [4.78, 5) is 21.9. The third kappa shape index (κ3) is 2.69. The number of thiazole rings is 1. The number of aromatic hydroxyl groups is 1. The Morgan fingerprint density at radius 3 is 2.64 bits per heavy atom. The molecule has 0 unspecified atom stereocenters. The van der Waals surface area contributed by atoms with E-state index in [1.54, 1.807) is 41.9 Å². The van der Waals surface area contributed by atoms with E-state index in [2.05, 4.69) is 9.98 Å². The van der Waals surface area contributed by atoms with Crippen LogP contribution in [0.2, 0.25) is 5.02 Å². The first-order valence-corrected chi connectivity index (χ1v) is 8.66. The van der Waals surface area contributed by atoms with Gasteiger partial charge in [0, 0.05) is 17.3 Å². The average Bonchev–Trinajstić information content (AvgIpc) is 3.07. The predicted octanol–water partition coefficient (Wildman–Crippen LogP) is 2.04. The Morgan fingerprint density at radius 1 is 1.16 bits per heavy atom. The van der Waals surface area contributed by atoms with Crippen molar-refractivity contribution in [2.24, 2.45) is 17.0 Å². The fraction of sp³-hybridized carbons (Fsp3) is 0.0556. The maximum atomic E-state index is 12.3. The number of hydrogen-bond donors (Lipinski definition) is 1. The molecular weight excluding hydrogens is 358 g/mol. The van der Waals surface area contributed by atoms with Gasteiger partial charge in [-0.25, -0.2) is 9.98 Å². The standard InChI is InChI=1S/C18H12ClN3O2S/c1-22-17(24)15(14-12-4-2-3-5-13(12)21-16(14)23)25-18(22)20-11-8-6-10(19)7-9-11/h2-9,24H,1H3. The Labute approximate surface area is 151 Å². The summed E-state index contributed by atoms with van der Waals surface area (Å²) in [6, 6.07) is 14.4. The minimum atomic E-state index is -0.351. The maximum Gasteiger partial charge on any atom is 0.279 e. The Bertz CT molecular complexity index is 1190. The molecule has 0 aliphatic carbocycles. The molecule has 7 heteroatoms. The maximum absolute atomic E-state index is 12.3. The van der Waals surface area contributed by atoms with Gasteiger partial charge in [-0.2, -0.15) is 0 Å². The molecule has 0 spiro atoms. The Morgan fingerprint density at radius 2 is 1.88 bits per heavy atom.